The first kappa shape index (κ1) is 18.0. The van der Waals surface area contributed by atoms with E-state index in [1.165, 1.54) is 10.8 Å². The second-order valence-electron chi connectivity index (χ2n) is 6.82. The maximum absolute atomic E-state index is 9.33. The molecule has 4 rings (SSSR count). The Kier molecular flexibility index (Phi) is 5.68. The molecule has 4 heteroatoms. The van der Waals surface area contributed by atoms with Crippen molar-refractivity contribution in [1.29, 1.82) is 0 Å². The number of hydrogen-bond donors (Lipinski definition) is 1. The molecule has 140 valence electrons. The quantitative estimate of drug-likeness (QED) is 0.725. The van der Waals surface area contributed by atoms with E-state index < -0.39 is 0 Å². The van der Waals surface area contributed by atoms with E-state index in [0.717, 1.165) is 55.3 Å². The lowest BCUT2D eigenvalue weighted by molar-refractivity contribution is 0.0323. The largest absolute Gasteiger partial charge is 0.492 e. The molecule has 1 aliphatic heterocycles. The van der Waals surface area contributed by atoms with Gasteiger partial charge in [-0.3, -0.25) is 4.90 Å². The van der Waals surface area contributed by atoms with Crippen molar-refractivity contribution in [2.75, 3.05) is 39.5 Å². The van der Waals surface area contributed by atoms with E-state index in [4.69, 9.17) is 9.47 Å². The number of nitrogens with zero attached hydrogens (tertiary/aromatic N) is 1. The fraction of sp³-hybridized carbons (Fsp3) is 0.304. The topological polar surface area (TPSA) is 41.9 Å². The zero-order chi connectivity index (χ0) is 18.5. The number of aliphatic hydroxyl groups excluding tert-OH is 1. The molecule has 3 aromatic carbocycles. The molecule has 1 saturated heterocycles. The molecule has 1 fully saturated rings. The first-order chi connectivity index (χ1) is 13.3. The highest BCUT2D eigenvalue weighted by atomic mass is 16.5. The number of ether oxygens (including phenoxy) is 2. The number of benzene rings is 3. The minimum Gasteiger partial charge on any atom is -0.492 e. The maximum Gasteiger partial charge on any atom is 0.127 e. The summed E-state index contributed by atoms with van der Waals surface area (Å²) in [5, 5.41) is 11.7. The lowest BCUT2D eigenvalue weighted by atomic mass is 9.96. The highest BCUT2D eigenvalue weighted by Crippen LogP contribution is 2.37. The van der Waals surface area contributed by atoms with Crippen LogP contribution in [0.15, 0.2) is 60.7 Å². The van der Waals surface area contributed by atoms with Gasteiger partial charge in [-0.15, -0.1) is 0 Å². The minimum absolute atomic E-state index is 0.0543. The number of aliphatic hydroxyl groups is 1. The third kappa shape index (κ3) is 4.14. The summed E-state index contributed by atoms with van der Waals surface area (Å²) in [6.07, 6.45) is 0. The van der Waals surface area contributed by atoms with Crippen LogP contribution in [0.2, 0.25) is 0 Å². The summed E-state index contributed by atoms with van der Waals surface area (Å²) in [7, 11) is 0. The summed E-state index contributed by atoms with van der Waals surface area (Å²) in [5.74, 6) is 0.902. The monoisotopic (exact) mass is 363 g/mol. The minimum atomic E-state index is 0.0543. The lowest BCUT2D eigenvalue weighted by Crippen LogP contribution is -2.38. The van der Waals surface area contributed by atoms with Crippen LogP contribution in [0.25, 0.3) is 21.9 Å². The van der Waals surface area contributed by atoms with Gasteiger partial charge < -0.3 is 14.6 Å². The van der Waals surface area contributed by atoms with Gasteiger partial charge >= 0.3 is 0 Å². The van der Waals surface area contributed by atoms with E-state index in [-0.39, 0.29) is 6.61 Å². The Bertz CT molecular complexity index is 886. The van der Waals surface area contributed by atoms with Gasteiger partial charge in [0, 0.05) is 25.2 Å². The average molecular weight is 363 g/mol. The summed E-state index contributed by atoms with van der Waals surface area (Å²) in [5.41, 5.74) is 3.12. The van der Waals surface area contributed by atoms with Gasteiger partial charge in [0.2, 0.25) is 0 Å². The SMILES string of the molecule is OCc1ccc(-c2c(OCCN3CCOCC3)ccc3ccccc23)cc1. The number of hydrogen-bond acceptors (Lipinski definition) is 4. The van der Waals surface area contributed by atoms with E-state index in [2.05, 4.69) is 53.4 Å². The summed E-state index contributed by atoms with van der Waals surface area (Å²) in [4.78, 5) is 2.38. The lowest BCUT2D eigenvalue weighted by Gasteiger charge is -2.26. The van der Waals surface area contributed by atoms with Gasteiger partial charge in [0.25, 0.3) is 0 Å². The highest BCUT2D eigenvalue weighted by Gasteiger charge is 2.13. The summed E-state index contributed by atoms with van der Waals surface area (Å²) < 4.78 is 11.6. The zero-order valence-corrected chi connectivity index (χ0v) is 15.4. The normalized spacial score (nSPS) is 15.1. The van der Waals surface area contributed by atoms with Crippen LogP contribution >= 0.6 is 0 Å². The van der Waals surface area contributed by atoms with Gasteiger partial charge in [-0.05, 0) is 28.0 Å². The van der Waals surface area contributed by atoms with Gasteiger partial charge in [0.05, 0.1) is 19.8 Å². The van der Waals surface area contributed by atoms with Crippen LogP contribution in [0, 0.1) is 0 Å². The van der Waals surface area contributed by atoms with Crippen LogP contribution in [-0.2, 0) is 11.3 Å². The Morgan fingerprint density at radius 2 is 1.70 bits per heavy atom. The molecule has 0 atom stereocenters. The molecule has 1 aliphatic rings. The van der Waals surface area contributed by atoms with Crippen LogP contribution < -0.4 is 4.74 Å². The van der Waals surface area contributed by atoms with Crippen LogP contribution in [-0.4, -0.2) is 49.5 Å². The molecule has 0 amide bonds. The van der Waals surface area contributed by atoms with Gasteiger partial charge in [-0.1, -0.05) is 54.6 Å². The maximum atomic E-state index is 9.33. The Balaban J connectivity index is 1.62. The van der Waals surface area contributed by atoms with Crippen molar-refractivity contribution in [2.24, 2.45) is 0 Å². The average Bonchev–Trinajstić information content (AvgIpc) is 2.74. The van der Waals surface area contributed by atoms with Crippen molar-refractivity contribution in [2.45, 2.75) is 6.61 Å². The molecule has 27 heavy (non-hydrogen) atoms. The Labute approximate surface area is 160 Å². The third-order valence-electron chi connectivity index (χ3n) is 5.08. The van der Waals surface area contributed by atoms with Crippen molar-refractivity contribution in [3.63, 3.8) is 0 Å². The van der Waals surface area contributed by atoms with Crippen molar-refractivity contribution >= 4 is 10.8 Å². The Morgan fingerprint density at radius 1 is 0.926 bits per heavy atom. The van der Waals surface area contributed by atoms with Gasteiger partial charge in [-0.25, -0.2) is 0 Å². The van der Waals surface area contributed by atoms with E-state index in [1.807, 2.05) is 12.1 Å². The van der Waals surface area contributed by atoms with Gasteiger partial charge in [0.15, 0.2) is 0 Å². The van der Waals surface area contributed by atoms with Crippen LogP contribution in [0.1, 0.15) is 5.56 Å². The molecule has 3 aromatic rings. The second kappa shape index (κ2) is 8.53. The molecule has 0 saturated carbocycles. The molecule has 0 bridgehead atoms. The number of rotatable bonds is 6. The van der Waals surface area contributed by atoms with E-state index in [9.17, 15) is 5.11 Å². The van der Waals surface area contributed by atoms with Crippen LogP contribution in [0.3, 0.4) is 0 Å². The molecule has 1 heterocycles. The smallest absolute Gasteiger partial charge is 0.127 e. The molecule has 1 N–H and O–H groups in total. The van der Waals surface area contributed by atoms with Gasteiger partial charge in [0.1, 0.15) is 12.4 Å². The molecular weight excluding hydrogens is 338 g/mol. The predicted octanol–water partition coefficient (Wildman–Crippen LogP) is 3.71. The van der Waals surface area contributed by atoms with E-state index >= 15 is 0 Å². The first-order valence-electron chi connectivity index (χ1n) is 9.50. The van der Waals surface area contributed by atoms with Crippen molar-refractivity contribution < 1.29 is 14.6 Å². The summed E-state index contributed by atoms with van der Waals surface area (Å²) in [6.45, 7) is 5.15. The second-order valence-corrected chi connectivity index (χ2v) is 6.82. The molecule has 0 unspecified atom stereocenters. The first-order valence-corrected chi connectivity index (χ1v) is 9.50. The molecule has 4 nitrogen and oxygen atoms in total. The van der Waals surface area contributed by atoms with Crippen LogP contribution in [0.5, 0.6) is 5.75 Å². The van der Waals surface area contributed by atoms with Crippen molar-refractivity contribution in [1.82, 2.24) is 4.90 Å². The molecule has 0 aliphatic carbocycles. The number of morpholine rings is 1. The predicted molar refractivity (Wildman–Crippen MR) is 108 cm³/mol. The van der Waals surface area contributed by atoms with Gasteiger partial charge in [-0.2, -0.15) is 0 Å². The standard InChI is InChI=1S/C23H25NO3/c25-17-18-5-7-20(8-6-18)23-21-4-2-1-3-19(21)9-10-22(23)27-16-13-24-11-14-26-15-12-24/h1-10,25H,11-17H2. The fourth-order valence-corrected chi connectivity index (χ4v) is 3.56. The van der Waals surface area contributed by atoms with E-state index in [1.54, 1.807) is 0 Å². The fourth-order valence-electron chi connectivity index (χ4n) is 3.56. The van der Waals surface area contributed by atoms with Crippen molar-refractivity contribution in [3.8, 4) is 16.9 Å². The summed E-state index contributed by atoms with van der Waals surface area (Å²) >= 11 is 0. The Morgan fingerprint density at radius 3 is 2.48 bits per heavy atom. The molecule has 0 spiro atoms. The van der Waals surface area contributed by atoms with E-state index in [0.29, 0.717) is 6.61 Å². The van der Waals surface area contributed by atoms with Crippen molar-refractivity contribution in [3.05, 3.63) is 66.2 Å². The zero-order valence-electron chi connectivity index (χ0n) is 15.4. The van der Waals surface area contributed by atoms with Crippen LogP contribution in [0.4, 0.5) is 0 Å². The molecule has 0 aromatic heterocycles. The molecule has 0 radical (unpaired) electrons. The third-order valence-corrected chi connectivity index (χ3v) is 5.08. The number of fused-ring (bicyclic) bond motifs is 1. The molecular formula is C23H25NO3. The summed E-state index contributed by atoms with van der Waals surface area (Å²) in [6, 6.07) is 20.6. The Hall–Kier alpha value is -2.40. The highest BCUT2D eigenvalue weighted by molar-refractivity contribution is 5.99.